The molecular formula is C32H29FN6O. The summed E-state index contributed by atoms with van der Waals surface area (Å²) in [6, 6.07) is 23.9. The second kappa shape index (κ2) is 11.2. The van der Waals surface area contributed by atoms with Crippen molar-refractivity contribution in [2.75, 3.05) is 23.3 Å². The molecule has 0 unspecified atom stereocenters. The Labute approximate surface area is 232 Å². The molecule has 5 aromatic rings. The average molecular weight is 533 g/mol. The van der Waals surface area contributed by atoms with Crippen molar-refractivity contribution >= 4 is 34.1 Å². The summed E-state index contributed by atoms with van der Waals surface area (Å²) in [5, 5.41) is 8.34. The summed E-state index contributed by atoms with van der Waals surface area (Å²) in [6.45, 7) is 3.51. The zero-order chi connectivity index (χ0) is 27.5. The highest BCUT2D eigenvalue weighted by atomic mass is 19.1. The molecule has 1 saturated heterocycles. The number of carbonyl (C=O) groups excluding carboxylic acids is 1. The molecule has 0 saturated carbocycles. The summed E-state index contributed by atoms with van der Waals surface area (Å²) in [5.74, 6) is -0.143. The molecule has 200 valence electrons. The lowest BCUT2D eigenvalue weighted by Crippen LogP contribution is -2.49. The standard InChI is InChI=1S/C32H29FN6O/c1-21-7-5-10-23-14-17-35-30(29(21)23)39(25-11-6-16-34-20-25)31(40)26-13-12-24(19-27(26)33)37-32-36-18-15-28(38-32)22-8-3-2-4-9-22/h2-5,7-10,12-15,17-19,25,34H,6,11,16,20H2,1H3,(H,36,37,38)/t25-/m1/s1. The van der Waals surface area contributed by atoms with Crippen LogP contribution in [-0.4, -0.2) is 40.0 Å². The number of aromatic nitrogens is 3. The fourth-order valence-electron chi connectivity index (χ4n) is 5.27. The van der Waals surface area contributed by atoms with E-state index in [0.717, 1.165) is 47.0 Å². The Morgan fingerprint density at radius 2 is 1.85 bits per heavy atom. The van der Waals surface area contributed by atoms with E-state index in [1.807, 2.05) is 67.6 Å². The van der Waals surface area contributed by atoms with E-state index < -0.39 is 11.7 Å². The van der Waals surface area contributed by atoms with Crippen molar-refractivity contribution in [1.82, 2.24) is 20.3 Å². The molecule has 2 N–H and O–H groups in total. The van der Waals surface area contributed by atoms with Crippen molar-refractivity contribution in [1.29, 1.82) is 0 Å². The molecule has 3 aromatic carbocycles. The third-order valence-electron chi connectivity index (χ3n) is 7.24. The number of hydrogen-bond acceptors (Lipinski definition) is 6. The summed E-state index contributed by atoms with van der Waals surface area (Å²) in [5.41, 5.74) is 3.15. The number of aryl methyl sites for hydroxylation is 1. The van der Waals surface area contributed by atoms with E-state index in [-0.39, 0.29) is 11.6 Å². The number of amides is 1. The maximum Gasteiger partial charge on any atom is 0.262 e. The van der Waals surface area contributed by atoms with Gasteiger partial charge < -0.3 is 10.6 Å². The predicted octanol–water partition coefficient (Wildman–Crippen LogP) is 6.28. The first kappa shape index (κ1) is 25.6. The maximum absolute atomic E-state index is 15.6. The number of halogens is 1. The van der Waals surface area contributed by atoms with Crippen LogP contribution in [0.5, 0.6) is 0 Å². The zero-order valence-corrected chi connectivity index (χ0v) is 22.1. The van der Waals surface area contributed by atoms with Crippen molar-refractivity contribution in [3.05, 3.63) is 108 Å². The van der Waals surface area contributed by atoms with Crippen LogP contribution in [0.3, 0.4) is 0 Å². The molecule has 0 bridgehead atoms. The van der Waals surface area contributed by atoms with Gasteiger partial charge in [-0.15, -0.1) is 0 Å². The molecule has 2 aromatic heterocycles. The number of benzene rings is 3. The number of hydrogen-bond donors (Lipinski definition) is 2. The molecule has 1 aliphatic rings. The average Bonchev–Trinajstić information content (AvgIpc) is 2.99. The first-order chi connectivity index (χ1) is 19.6. The monoisotopic (exact) mass is 532 g/mol. The molecule has 0 radical (unpaired) electrons. The van der Waals surface area contributed by atoms with Gasteiger partial charge in [0.15, 0.2) is 0 Å². The largest absolute Gasteiger partial charge is 0.324 e. The fraction of sp³-hybridized carbons (Fsp3) is 0.188. The van der Waals surface area contributed by atoms with Crippen molar-refractivity contribution < 1.29 is 9.18 Å². The number of fused-ring (bicyclic) bond motifs is 1. The summed E-state index contributed by atoms with van der Waals surface area (Å²) in [7, 11) is 0. The Hall–Kier alpha value is -4.69. The summed E-state index contributed by atoms with van der Waals surface area (Å²) in [4.78, 5) is 29.2. The second-order valence-electron chi connectivity index (χ2n) is 9.93. The Bertz CT molecular complexity index is 1660. The zero-order valence-electron chi connectivity index (χ0n) is 22.1. The summed E-state index contributed by atoms with van der Waals surface area (Å²) >= 11 is 0. The van der Waals surface area contributed by atoms with Crippen LogP contribution in [0.15, 0.2) is 91.3 Å². The lowest BCUT2D eigenvalue weighted by Gasteiger charge is -2.35. The van der Waals surface area contributed by atoms with Crippen molar-refractivity contribution in [3.63, 3.8) is 0 Å². The van der Waals surface area contributed by atoms with E-state index in [1.54, 1.807) is 23.4 Å². The SMILES string of the molecule is Cc1cccc2ccnc(N(C(=O)c3ccc(Nc4nccc(-c5ccccc5)n4)cc3F)[C@@H]3CCCNC3)c12. The van der Waals surface area contributed by atoms with Crippen LogP contribution in [0, 0.1) is 12.7 Å². The first-order valence-electron chi connectivity index (χ1n) is 13.4. The van der Waals surface area contributed by atoms with Gasteiger partial charge in [0.25, 0.3) is 5.91 Å². The molecule has 1 atom stereocenters. The number of piperidine rings is 1. The topological polar surface area (TPSA) is 83.0 Å². The highest BCUT2D eigenvalue weighted by Gasteiger charge is 2.31. The van der Waals surface area contributed by atoms with Gasteiger partial charge in [-0.1, -0.05) is 48.5 Å². The van der Waals surface area contributed by atoms with Gasteiger partial charge in [0.05, 0.1) is 17.3 Å². The van der Waals surface area contributed by atoms with Gasteiger partial charge in [-0.05, 0) is 67.6 Å². The van der Waals surface area contributed by atoms with Gasteiger partial charge in [0.1, 0.15) is 11.6 Å². The lowest BCUT2D eigenvalue weighted by atomic mass is 10.0. The van der Waals surface area contributed by atoms with Crippen LogP contribution in [0.4, 0.5) is 21.8 Å². The van der Waals surface area contributed by atoms with Gasteiger partial charge in [-0.2, -0.15) is 0 Å². The summed E-state index contributed by atoms with van der Waals surface area (Å²) in [6.07, 6.45) is 5.09. The molecule has 1 aliphatic heterocycles. The molecule has 1 amide bonds. The molecule has 7 nitrogen and oxygen atoms in total. The third kappa shape index (κ3) is 5.13. The van der Waals surface area contributed by atoms with E-state index in [1.165, 1.54) is 12.1 Å². The quantitative estimate of drug-likeness (QED) is 0.268. The Morgan fingerprint density at radius 1 is 1.00 bits per heavy atom. The molecule has 8 heteroatoms. The fourth-order valence-corrected chi connectivity index (χ4v) is 5.27. The normalized spacial score (nSPS) is 15.1. The van der Waals surface area contributed by atoms with E-state index in [0.29, 0.717) is 24.0 Å². The van der Waals surface area contributed by atoms with Crippen LogP contribution in [0.1, 0.15) is 28.8 Å². The van der Waals surface area contributed by atoms with Gasteiger partial charge in [0.2, 0.25) is 5.95 Å². The Balaban J connectivity index is 1.32. The van der Waals surface area contributed by atoms with Gasteiger partial charge >= 0.3 is 0 Å². The highest BCUT2D eigenvalue weighted by molar-refractivity contribution is 6.11. The van der Waals surface area contributed by atoms with E-state index in [2.05, 4.69) is 25.6 Å². The number of nitrogens with one attached hydrogen (secondary N) is 2. The third-order valence-corrected chi connectivity index (χ3v) is 7.24. The van der Waals surface area contributed by atoms with Gasteiger partial charge in [-0.25, -0.2) is 19.3 Å². The number of anilines is 3. The van der Waals surface area contributed by atoms with E-state index in [4.69, 9.17) is 0 Å². The van der Waals surface area contributed by atoms with Crippen LogP contribution >= 0.6 is 0 Å². The molecule has 0 aliphatic carbocycles. The molecule has 0 spiro atoms. The van der Waals surface area contributed by atoms with Crippen molar-refractivity contribution in [3.8, 4) is 11.3 Å². The maximum atomic E-state index is 15.6. The number of pyridine rings is 1. The highest BCUT2D eigenvalue weighted by Crippen LogP contribution is 2.32. The first-order valence-corrected chi connectivity index (χ1v) is 13.4. The second-order valence-corrected chi connectivity index (χ2v) is 9.93. The van der Waals surface area contributed by atoms with Crippen LogP contribution in [0.25, 0.3) is 22.0 Å². The number of rotatable bonds is 6. The minimum Gasteiger partial charge on any atom is -0.324 e. The van der Waals surface area contributed by atoms with Gasteiger partial charge in [0, 0.05) is 35.6 Å². The molecule has 6 rings (SSSR count). The molecular weight excluding hydrogens is 503 g/mol. The smallest absolute Gasteiger partial charge is 0.262 e. The van der Waals surface area contributed by atoms with E-state index >= 15 is 4.39 Å². The van der Waals surface area contributed by atoms with Crippen LogP contribution in [-0.2, 0) is 0 Å². The van der Waals surface area contributed by atoms with Crippen LogP contribution in [0.2, 0.25) is 0 Å². The lowest BCUT2D eigenvalue weighted by molar-refractivity contribution is 0.0968. The molecule has 1 fully saturated rings. The number of nitrogens with zero attached hydrogens (tertiary/aromatic N) is 4. The Kier molecular flexibility index (Phi) is 7.16. The Morgan fingerprint density at radius 3 is 2.65 bits per heavy atom. The number of carbonyl (C=O) groups is 1. The van der Waals surface area contributed by atoms with Crippen molar-refractivity contribution in [2.24, 2.45) is 0 Å². The van der Waals surface area contributed by atoms with Gasteiger partial charge in [-0.3, -0.25) is 9.69 Å². The predicted molar refractivity (Wildman–Crippen MR) is 156 cm³/mol. The minimum atomic E-state index is -0.625. The molecule has 3 heterocycles. The van der Waals surface area contributed by atoms with Crippen molar-refractivity contribution in [2.45, 2.75) is 25.8 Å². The summed E-state index contributed by atoms with van der Waals surface area (Å²) < 4.78 is 15.6. The molecule has 40 heavy (non-hydrogen) atoms. The minimum absolute atomic E-state index is 0.0116. The van der Waals surface area contributed by atoms with Crippen LogP contribution < -0.4 is 15.5 Å². The van der Waals surface area contributed by atoms with E-state index in [9.17, 15) is 4.79 Å².